The zero-order chi connectivity index (χ0) is 47.8. The summed E-state index contributed by atoms with van der Waals surface area (Å²) in [4.78, 5) is 71.7. The molecule has 7 heterocycles. The third kappa shape index (κ3) is 8.02. The fourth-order valence-corrected chi connectivity index (χ4v) is 11.4. The highest BCUT2D eigenvalue weighted by atomic mass is 16.3. The predicted molar refractivity (Wildman–Crippen MR) is 265 cm³/mol. The van der Waals surface area contributed by atoms with E-state index in [1.165, 1.54) is 21.9 Å². The number of hydrogen-bond acceptors (Lipinski definition) is 11. The molecule has 5 aliphatic rings. The number of pyridine rings is 1. The number of anilines is 6. The molecule has 0 radical (unpaired) electrons. The van der Waals surface area contributed by atoms with E-state index in [-0.39, 0.29) is 46.1 Å². The van der Waals surface area contributed by atoms with Crippen LogP contribution in [0.3, 0.4) is 0 Å². The summed E-state index contributed by atoms with van der Waals surface area (Å²) in [6, 6.07) is 16.2. The Morgan fingerprint density at radius 1 is 0.956 bits per heavy atom. The number of aliphatic hydroxyl groups excluding tert-OH is 1. The van der Waals surface area contributed by atoms with Gasteiger partial charge >= 0.3 is 0 Å². The lowest BCUT2D eigenvalue weighted by atomic mass is 9.90. The Morgan fingerprint density at radius 2 is 1.75 bits per heavy atom. The van der Waals surface area contributed by atoms with E-state index in [2.05, 4.69) is 79.7 Å². The smallest absolute Gasteiger partial charge is 0.293 e. The number of fused-ring (bicyclic) bond motifs is 4. The maximum absolute atomic E-state index is 14.1. The number of nitrogens with one attached hydrogen (secondary N) is 3. The molecule has 1 aliphatic carbocycles. The van der Waals surface area contributed by atoms with Gasteiger partial charge in [0.2, 0.25) is 5.91 Å². The van der Waals surface area contributed by atoms with Gasteiger partial charge in [-0.3, -0.25) is 29.0 Å². The lowest BCUT2D eigenvalue weighted by molar-refractivity contribution is -0.111. The molecule has 10 rings (SSSR count). The SMILES string of the molecule is C=CC(=O)Nc1cc(Nc2nc(-c3ccnc(N4CCn5c(cc6c5CC(C)(C)C6)C4=O)c3CO)cn(C)c2=O)ccc1N1CCN(C2CCN(c3ccc4c(c3)C(=O)NC4(C)C)CC2)C[C@@H]1C. The molecule has 4 aliphatic heterocycles. The summed E-state index contributed by atoms with van der Waals surface area (Å²) in [5.74, 6) is -0.124. The molecule has 3 amide bonds. The molecule has 3 aromatic heterocycles. The highest BCUT2D eigenvalue weighted by Gasteiger charge is 2.39. The van der Waals surface area contributed by atoms with Crippen molar-refractivity contribution in [1.29, 1.82) is 0 Å². The number of rotatable bonds is 10. The van der Waals surface area contributed by atoms with Gasteiger partial charge in [-0.1, -0.05) is 26.5 Å². The number of benzene rings is 2. The number of carbonyl (C=O) groups is 3. The van der Waals surface area contributed by atoms with E-state index in [0.29, 0.717) is 58.8 Å². The van der Waals surface area contributed by atoms with E-state index < -0.39 is 6.61 Å². The normalized spacial score (nSPS) is 19.9. The zero-order valence-corrected chi connectivity index (χ0v) is 39.9. The Kier molecular flexibility index (Phi) is 11.3. The molecule has 0 unspecified atom stereocenters. The molecular weight excluding hydrogens is 859 g/mol. The fraction of sp³-hybridized carbons (Fsp3) is 0.423. The van der Waals surface area contributed by atoms with Crippen LogP contribution in [0.15, 0.2) is 78.4 Å². The molecule has 0 bridgehead atoms. The first-order valence-electron chi connectivity index (χ1n) is 23.8. The summed E-state index contributed by atoms with van der Waals surface area (Å²) < 4.78 is 3.58. The lowest BCUT2D eigenvalue weighted by Crippen LogP contribution is -2.57. The third-order valence-electron chi connectivity index (χ3n) is 14.8. The Bertz CT molecular complexity index is 2940. The Hall–Kier alpha value is -6.78. The summed E-state index contributed by atoms with van der Waals surface area (Å²) in [5, 5.41) is 20.2. The molecule has 0 saturated carbocycles. The highest BCUT2D eigenvalue weighted by molar-refractivity contribution is 6.06. The van der Waals surface area contributed by atoms with Crippen LogP contribution in [0.1, 0.15) is 90.7 Å². The van der Waals surface area contributed by atoms with Gasteiger partial charge in [0.15, 0.2) is 5.82 Å². The third-order valence-corrected chi connectivity index (χ3v) is 14.8. The van der Waals surface area contributed by atoms with Crippen molar-refractivity contribution in [3.05, 3.63) is 118 Å². The maximum atomic E-state index is 14.1. The van der Waals surface area contributed by atoms with Crippen LogP contribution in [0.2, 0.25) is 0 Å². The number of hydrogen-bond donors (Lipinski definition) is 4. The predicted octanol–water partition coefficient (Wildman–Crippen LogP) is 5.95. The minimum atomic E-state index is -0.405. The summed E-state index contributed by atoms with van der Waals surface area (Å²) in [6.07, 6.45) is 8.34. The van der Waals surface area contributed by atoms with E-state index >= 15 is 0 Å². The van der Waals surface area contributed by atoms with E-state index in [0.717, 1.165) is 80.9 Å². The topological polar surface area (TPSA) is 173 Å². The van der Waals surface area contributed by atoms with Crippen molar-refractivity contribution in [2.24, 2.45) is 12.5 Å². The van der Waals surface area contributed by atoms with E-state index in [9.17, 15) is 24.3 Å². The van der Waals surface area contributed by atoms with Gasteiger partial charge in [0, 0.05) is 111 Å². The minimum Gasteiger partial charge on any atom is -0.392 e. The standard InChI is InChI=1S/C52H61N11O5/c1-8-45(65)55-40-24-33(9-12-42(40)61-20-19-60(28-31(61)2)34-14-17-59(18-15-34)35-10-11-39-37(25-35)48(66)57-52(39,5)6)54-46-50(68)58(7)29-41(56-46)36-13-16-53-47(38(36)30-64)63-22-21-62-43(49(63)67)23-32-26-51(3,4)27-44(32)62/h8-13,16,23-25,29,31,34,64H,1,14-15,17-22,26-28,30H2,2-7H3,(H,54,56)(H,55,65)(H,57,66)/t31-/m0/s1. The van der Waals surface area contributed by atoms with Crippen molar-refractivity contribution in [3.63, 3.8) is 0 Å². The number of carbonyl (C=O) groups excluding carboxylic acids is 3. The summed E-state index contributed by atoms with van der Waals surface area (Å²) in [7, 11) is 1.64. The second-order valence-electron chi connectivity index (χ2n) is 20.5. The van der Waals surface area contributed by atoms with Crippen molar-refractivity contribution in [3.8, 4) is 11.3 Å². The van der Waals surface area contributed by atoms with Gasteiger partial charge in [-0.15, -0.1) is 0 Å². The van der Waals surface area contributed by atoms with Crippen LogP contribution >= 0.6 is 0 Å². The van der Waals surface area contributed by atoms with Crippen LogP contribution < -0.4 is 36.2 Å². The molecule has 16 nitrogen and oxygen atoms in total. The van der Waals surface area contributed by atoms with Crippen molar-refractivity contribution in [1.82, 2.24) is 29.3 Å². The van der Waals surface area contributed by atoms with Crippen molar-refractivity contribution < 1.29 is 19.5 Å². The molecule has 1 atom stereocenters. The number of nitrogens with zero attached hydrogens (tertiary/aromatic N) is 8. The lowest BCUT2D eigenvalue weighted by Gasteiger charge is -2.47. The van der Waals surface area contributed by atoms with Gasteiger partial charge < -0.3 is 40.0 Å². The first-order valence-corrected chi connectivity index (χ1v) is 23.8. The second-order valence-corrected chi connectivity index (χ2v) is 20.5. The van der Waals surface area contributed by atoms with Crippen LogP contribution in [0.5, 0.6) is 0 Å². The Labute approximate surface area is 396 Å². The zero-order valence-electron chi connectivity index (χ0n) is 39.9. The molecule has 354 valence electrons. The number of piperazine rings is 1. The molecule has 16 heteroatoms. The average Bonchev–Trinajstić information content (AvgIpc) is 3.90. The maximum Gasteiger partial charge on any atom is 0.293 e. The highest BCUT2D eigenvalue weighted by Crippen LogP contribution is 2.41. The largest absolute Gasteiger partial charge is 0.392 e. The Morgan fingerprint density at radius 3 is 2.50 bits per heavy atom. The minimum absolute atomic E-state index is 0.00881. The van der Waals surface area contributed by atoms with Crippen LogP contribution in [0, 0.1) is 5.41 Å². The molecule has 0 spiro atoms. The molecule has 2 saturated heterocycles. The van der Waals surface area contributed by atoms with Gasteiger partial charge in [0.05, 0.1) is 29.2 Å². The van der Waals surface area contributed by atoms with Gasteiger partial charge in [0.1, 0.15) is 11.5 Å². The number of aromatic nitrogens is 4. The van der Waals surface area contributed by atoms with Crippen LogP contribution in [-0.4, -0.2) is 98.2 Å². The van der Waals surface area contributed by atoms with Crippen molar-refractivity contribution in [2.75, 3.05) is 64.6 Å². The van der Waals surface area contributed by atoms with Crippen molar-refractivity contribution in [2.45, 2.75) is 91.1 Å². The first kappa shape index (κ1) is 45.0. The Balaban J connectivity index is 0.848. The summed E-state index contributed by atoms with van der Waals surface area (Å²) in [6.45, 7) is 19.4. The van der Waals surface area contributed by atoms with E-state index in [1.807, 2.05) is 38.1 Å². The number of piperidine rings is 1. The average molecular weight is 920 g/mol. The molecule has 5 aromatic rings. The number of aliphatic hydroxyl groups is 1. The summed E-state index contributed by atoms with van der Waals surface area (Å²) in [5.41, 5.74) is 8.77. The summed E-state index contributed by atoms with van der Waals surface area (Å²) >= 11 is 0. The molecule has 68 heavy (non-hydrogen) atoms. The quantitative estimate of drug-likeness (QED) is 0.122. The van der Waals surface area contributed by atoms with E-state index in [1.54, 1.807) is 36.5 Å². The number of aryl methyl sites for hydroxylation is 1. The number of amides is 3. The van der Waals surface area contributed by atoms with Crippen molar-refractivity contribution >= 4 is 52.1 Å². The van der Waals surface area contributed by atoms with Gasteiger partial charge in [-0.2, -0.15) is 0 Å². The monoisotopic (exact) mass is 919 g/mol. The fourth-order valence-electron chi connectivity index (χ4n) is 11.4. The molecular formula is C52H61N11O5. The van der Waals surface area contributed by atoms with Gasteiger partial charge in [0.25, 0.3) is 17.4 Å². The molecule has 2 aromatic carbocycles. The molecule has 4 N–H and O–H groups in total. The van der Waals surface area contributed by atoms with E-state index in [4.69, 9.17) is 4.98 Å². The second kappa shape index (κ2) is 17.1. The van der Waals surface area contributed by atoms with Gasteiger partial charge in [-0.25, -0.2) is 9.97 Å². The first-order chi connectivity index (χ1) is 32.5. The van der Waals surface area contributed by atoms with Crippen LogP contribution in [0.4, 0.5) is 34.4 Å². The molecule has 2 fully saturated rings. The van der Waals surface area contributed by atoms with Gasteiger partial charge in [-0.05, 0) is 112 Å². The van der Waals surface area contributed by atoms with Crippen LogP contribution in [-0.2, 0) is 43.4 Å². The van der Waals surface area contributed by atoms with Crippen LogP contribution in [0.25, 0.3) is 11.3 Å².